The van der Waals surface area contributed by atoms with Gasteiger partial charge in [0.1, 0.15) is 5.82 Å². The van der Waals surface area contributed by atoms with Gasteiger partial charge in [0.25, 0.3) is 0 Å². The van der Waals surface area contributed by atoms with Gasteiger partial charge in [-0.05, 0) is 49.4 Å². The molecule has 124 valence electrons. The number of aryl methyl sites for hydroxylation is 2. The molecule has 3 heteroatoms. The zero-order chi connectivity index (χ0) is 16.7. The van der Waals surface area contributed by atoms with Crippen LogP contribution in [0.5, 0.6) is 0 Å². The highest BCUT2D eigenvalue weighted by Gasteiger charge is 2.22. The van der Waals surface area contributed by atoms with Crippen molar-refractivity contribution in [3.63, 3.8) is 0 Å². The van der Waals surface area contributed by atoms with Crippen LogP contribution in [0.25, 0.3) is 10.9 Å². The standard InChI is InChI=1S/C21H25N3/c1-4-12-24-16(3)15(2)20-19(24)9-11-22-21(20)23-13-10-17-7-5-6-8-18(17)14-23/h5-9,11H,4,10,12-14H2,1-3H3. The van der Waals surface area contributed by atoms with Crippen molar-refractivity contribution in [2.75, 3.05) is 11.4 Å². The van der Waals surface area contributed by atoms with E-state index in [-0.39, 0.29) is 0 Å². The Bertz CT molecular complexity index is 891. The molecule has 1 aliphatic rings. The van der Waals surface area contributed by atoms with Crippen molar-refractivity contribution < 1.29 is 0 Å². The molecule has 1 aromatic carbocycles. The Morgan fingerprint density at radius 2 is 1.88 bits per heavy atom. The summed E-state index contributed by atoms with van der Waals surface area (Å²) >= 11 is 0. The Morgan fingerprint density at radius 3 is 2.67 bits per heavy atom. The fourth-order valence-corrected chi connectivity index (χ4v) is 4.02. The van der Waals surface area contributed by atoms with Crippen LogP contribution in [0.15, 0.2) is 36.5 Å². The van der Waals surface area contributed by atoms with Crippen molar-refractivity contribution in [2.45, 2.75) is 46.7 Å². The maximum absolute atomic E-state index is 4.79. The Balaban J connectivity index is 1.82. The summed E-state index contributed by atoms with van der Waals surface area (Å²) in [5.74, 6) is 1.15. The maximum atomic E-state index is 4.79. The molecule has 3 heterocycles. The first-order valence-electron chi connectivity index (χ1n) is 8.96. The molecule has 3 aromatic rings. The molecule has 3 nitrogen and oxygen atoms in total. The molecule has 0 N–H and O–H groups in total. The van der Waals surface area contributed by atoms with Crippen LogP contribution >= 0.6 is 0 Å². The molecular formula is C21H25N3. The van der Waals surface area contributed by atoms with Crippen molar-refractivity contribution in [3.05, 3.63) is 58.9 Å². The number of rotatable bonds is 3. The third-order valence-corrected chi connectivity index (χ3v) is 5.40. The van der Waals surface area contributed by atoms with Crippen LogP contribution in [0.3, 0.4) is 0 Å². The summed E-state index contributed by atoms with van der Waals surface area (Å²) in [5.41, 5.74) is 7.00. The van der Waals surface area contributed by atoms with Crippen molar-refractivity contribution in [3.8, 4) is 0 Å². The van der Waals surface area contributed by atoms with Gasteiger partial charge >= 0.3 is 0 Å². The molecule has 0 aliphatic carbocycles. The first-order chi connectivity index (χ1) is 11.7. The Hall–Kier alpha value is -2.29. The second kappa shape index (κ2) is 5.97. The number of aromatic nitrogens is 2. The van der Waals surface area contributed by atoms with Gasteiger partial charge in [-0.15, -0.1) is 0 Å². The van der Waals surface area contributed by atoms with Crippen LogP contribution in [0, 0.1) is 13.8 Å². The number of pyridine rings is 1. The second-order valence-electron chi connectivity index (χ2n) is 6.83. The van der Waals surface area contributed by atoms with E-state index in [4.69, 9.17) is 4.98 Å². The summed E-state index contributed by atoms with van der Waals surface area (Å²) in [6, 6.07) is 11.0. The van der Waals surface area contributed by atoms with E-state index in [2.05, 4.69) is 60.6 Å². The molecule has 0 atom stereocenters. The van der Waals surface area contributed by atoms with E-state index >= 15 is 0 Å². The topological polar surface area (TPSA) is 21.1 Å². The van der Waals surface area contributed by atoms with Gasteiger partial charge in [0.05, 0.1) is 5.52 Å². The van der Waals surface area contributed by atoms with Crippen LogP contribution in [0.2, 0.25) is 0 Å². The lowest BCUT2D eigenvalue weighted by Gasteiger charge is -2.30. The molecule has 4 rings (SSSR count). The van der Waals surface area contributed by atoms with Crippen LogP contribution in [-0.4, -0.2) is 16.1 Å². The highest BCUT2D eigenvalue weighted by molar-refractivity contribution is 5.94. The molecule has 0 spiro atoms. The third-order valence-electron chi connectivity index (χ3n) is 5.40. The SMILES string of the molecule is CCCn1c(C)c(C)c2c(N3CCc4ccccc4C3)nccc21. The molecule has 0 fully saturated rings. The van der Waals surface area contributed by atoms with Crippen molar-refractivity contribution >= 4 is 16.7 Å². The minimum absolute atomic E-state index is 0.958. The fourth-order valence-electron chi connectivity index (χ4n) is 4.02. The summed E-state index contributed by atoms with van der Waals surface area (Å²) in [5, 5.41) is 1.34. The van der Waals surface area contributed by atoms with Gasteiger partial charge in [0.2, 0.25) is 0 Å². The first kappa shape index (κ1) is 15.3. The summed E-state index contributed by atoms with van der Waals surface area (Å²) in [6.07, 6.45) is 4.23. The van der Waals surface area contributed by atoms with E-state index in [0.717, 1.165) is 38.3 Å². The molecule has 0 amide bonds. The smallest absolute Gasteiger partial charge is 0.138 e. The first-order valence-corrected chi connectivity index (χ1v) is 8.96. The molecule has 1 aliphatic heterocycles. The van der Waals surface area contributed by atoms with Gasteiger partial charge in [-0.1, -0.05) is 31.2 Å². The van der Waals surface area contributed by atoms with Gasteiger partial charge in [-0.3, -0.25) is 0 Å². The van der Waals surface area contributed by atoms with E-state index in [0.29, 0.717) is 0 Å². The number of hydrogen-bond donors (Lipinski definition) is 0. The molecule has 24 heavy (non-hydrogen) atoms. The van der Waals surface area contributed by atoms with Gasteiger partial charge in [-0.25, -0.2) is 4.98 Å². The van der Waals surface area contributed by atoms with Gasteiger partial charge in [-0.2, -0.15) is 0 Å². The van der Waals surface area contributed by atoms with Crippen molar-refractivity contribution in [1.29, 1.82) is 0 Å². The maximum Gasteiger partial charge on any atom is 0.138 e. The Labute approximate surface area is 143 Å². The monoisotopic (exact) mass is 319 g/mol. The van der Waals surface area contributed by atoms with E-state index < -0.39 is 0 Å². The Kier molecular flexibility index (Phi) is 3.79. The lowest BCUT2D eigenvalue weighted by Crippen LogP contribution is -2.31. The molecule has 0 saturated carbocycles. The average molecular weight is 319 g/mol. The van der Waals surface area contributed by atoms with Crippen molar-refractivity contribution in [1.82, 2.24) is 9.55 Å². The lowest BCUT2D eigenvalue weighted by atomic mass is 9.99. The summed E-state index contributed by atoms with van der Waals surface area (Å²) < 4.78 is 2.45. The van der Waals surface area contributed by atoms with Crippen LogP contribution in [0.4, 0.5) is 5.82 Å². The van der Waals surface area contributed by atoms with E-state index in [1.807, 2.05) is 6.20 Å². The number of fused-ring (bicyclic) bond motifs is 2. The van der Waals surface area contributed by atoms with Crippen LogP contribution in [0.1, 0.15) is 35.7 Å². The molecule has 0 saturated heterocycles. The number of benzene rings is 1. The fraction of sp³-hybridized carbons (Fsp3) is 0.381. The zero-order valence-electron chi connectivity index (χ0n) is 14.8. The zero-order valence-corrected chi connectivity index (χ0v) is 14.8. The summed E-state index contributed by atoms with van der Waals surface area (Å²) in [7, 11) is 0. The number of hydrogen-bond acceptors (Lipinski definition) is 2. The van der Waals surface area contributed by atoms with Crippen LogP contribution in [-0.2, 0) is 19.5 Å². The highest BCUT2D eigenvalue weighted by Crippen LogP contribution is 2.34. The summed E-state index contributed by atoms with van der Waals surface area (Å²) in [6.45, 7) is 9.79. The molecule has 0 bridgehead atoms. The normalized spacial score (nSPS) is 14.2. The van der Waals surface area contributed by atoms with Crippen molar-refractivity contribution in [2.24, 2.45) is 0 Å². The van der Waals surface area contributed by atoms with Crippen LogP contribution < -0.4 is 4.90 Å². The minimum atomic E-state index is 0.958. The molecule has 0 unspecified atom stereocenters. The minimum Gasteiger partial charge on any atom is -0.351 e. The largest absolute Gasteiger partial charge is 0.351 e. The molecule has 0 radical (unpaired) electrons. The van der Waals surface area contributed by atoms with E-state index in [1.165, 1.54) is 33.3 Å². The predicted molar refractivity (Wildman–Crippen MR) is 101 cm³/mol. The average Bonchev–Trinajstić information content (AvgIpc) is 2.87. The quantitative estimate of drug-likeness (QED) is 0.702. The van der Waals surface area contributed by atoms with E-state index in [1.54, 1.807) is 0 Å². The third kappa shape index (κ3) is 2.31. The summed E-state index contributed by atoms with van der Waals surface area (Å²) in [4.78, 5) is 7.24. The van der Waals surface area contributed by atoms with Gasteiger partial charge in [0.15, 0.2) is 0 Å². The molecular weight excluding hydrogens is 294 g/mol. The predicted octanol–water partition coefficient (Wildman–Crippen LogP) is 4.63. The number of anilines is 1. The Morgan fingerprint density at radius 1 is 1.08 bits per heavy atom. The lowest BCUT2D eigenvalue weighted by molar-refractivity contribution is 0.683. The molecule has 2 aromatic heterocycles. The highest BCUT2D eigenvalue weighted by atomic mass is 15.2. The number of nitrogens with zero attached hydrogens (tertiary/aromatic N) is 3. The van der Waals surface area contributed by atoms with Gasteiger partial charge < -0.3 is 9.47 Å². The second-order valence-corrected chi connectivity index (χ2v) is 6.83. The van der Waals surface area contributed by atoms with Gasteiger partial charge in [0, 0.05) is 36.9 Å². The van der Waals surface area contributed by atoms with E-state index in [9.17, 15) is 0 Å².